The molecule has 0 heterocycles. The maximum absolute atomic E-state index is 11.6. The fraction of sp³-hybridized carbons (Fsp3) is 0.308. The van der Waals surface area contributed by atoms with Crippen molar-refractivity contribution in [2.24, 2.45) is 0 Å². The predicted molar refractivity (Wildman–Crippen MR) is 68.3 cm³/mol. The fourth-order valence-electron chi connectivity index (χ4n) is 1.98. The van der Waals surface area contributed by atoms with E-state index in [9.17, 15) is 4.79 Å². The van der Waals surface area contributed by atoms with E-state index in [0.717, 1.165) is 24.0 Å². The number of nitrogens with two attached hydrogens (primary N) is 1. The standard InChI is InChI=1S/C13H12BrNO/c1-9(16)13(5-6-13)11-2-3-12(15)10(8-11)4-7-14/h2-3,8H,5-6,15H2,1H3. The summed E-state index contributed by atoms with van der Waals surface area (Å²) in [6, 6.07) is 5.69. The number of hydrogen-bond acceptors (Lipinski definition) is 2. The number of carbonyl (C=O) groups excluding carboxylic acids is 1. The molecule has 2 nitrogen and oxygen atoms in total. The molecule has 0 atom stereocenters. The van der Waals surface area contributed by atoms with Gasteiger partial charge in [0, 0.05) is 27.2 Å². The number of anilines is 1. The van der Waals surface area contributed by atoms with Crippen molar-refractivity contribution in [1.82, 2.24) is 0 Å². The lowest BCUT2D eigenvalue weighted by Gasteiger charge is -2.12. The Labute approximate surface area is 103 Å². The summed E-state index contributed by atoms with van der Waals surface area (Å²) in [4.78, 5) is 14.3. The third-order valence-corrected chi connectivity index (χ3v) is 3.41. The number of nitrogen functional groups attached to an aromatic ring is 1. The van der Waals surface area contributed by atoms with E-state index >= 15 is 0 Å². The van der Waals surface area contributed by atoms with Gasteiger partial charge >= 0.3 is 0 Å². The highest BCUT2D eigenvalue weighted by atomic mass is 79.9. The van der Waals surface area contributed by atoms with E-state index in [-0.39, 0.29) is 11.2 Å². The molecule has 0 amide bonds. The molecule has 0 spiro atoms. The zero-order valence-corrected chi connectivity index (χ0v) is 10.6. The topological polar surface area (TPSA) is 43.1 Å². The quantitative estimate of drug-likeness (QED) is 0.667. The van der Waals surface area contributed by atoms with Crippen molar-refractivity contribution in [2.45, 2.75) is 25.2 Å². The highest BCUT2D eigenvalue weighted by Gasteiger charge is 2.48. The fourth-order valence-corrected chi connectivity index (χ4v) is 2.20. The molecule has 0 saturated heterocycles. The average molecular weight is 278 g/mol. The van der Waals surface area contributed by atoms with Gasteiger partial charge in [-0.15, -0.1) is 0 Å². The summed E-state index contributed by atoms with van der Waals surface area (Å²) in [5.41, 5.74) is 8.02. The van der Waals surface area contributed by atoms with Gasteiger partial charge in [0.2, 0.25) is 0 Å². The van der Waals surface area contributed by atoms with Crippen LogP contribution in [0, 0.1) is 10.8 Å². The van der Waals surface area contributed by atoms with E-state index in [1.54, 1.807) is 6.92 Å². The van der Waals surface area contributed by atoms with Gasteiger partial charge in [0.05, 0.1) is 5.41 Å². The molecule has 1 aromatic rings. The van der Waals surface area contributed by atoms with Crippen LogP contribution in [-0.2, 0) is 10.2 Å². The van der Waals surface area contributed by atoms with Gasteiger partial charge in [-0.25, -0.2) is 0 Å². The Hall–Kier alpha value is -1.27. The minimum Gasteiger partial charge on any atom is -0.398 e. The van der Waals surface area contributed by atoms with Crippen LogP contribution in [0.4, 0.5) is 5.69 Å². The van der Waals surface area contributed by atoms with Crippen molar-refractivity contribution >= 4 is 27.4 Å². The van der Waals surface area contributed by atoms with Crippen LogP contribution in [0.2, 0.25) is 0 Å². The predicted octanol–water partition coefficient (Wildman–Crippen LogP) is 2.59. The van der Waals surface area contributed by atoms with E-state index in [0.29, 0.717) is 5.69 Å². The van der Waals surface area contributed by atoms with Crippen molar-refractivity contribution in [3.63, 3.8) is 0 Å². The molecule has 0 radical (unpaired) electrons. The molecule has 16 heavy (non-hydrogen) atoms. The summed E-state index contributed by atoms with van der Waals surface area (Å²) in [5, 5.41) is 0. The summed E-state index contributed by atoms with van der Waals surface area (Å²) in [6.45, 7) is 1.65. The van der Waals surface area contributed by atoms with Gasteiger partial charge < -0.3 is 5.73 Å². The number of halogens is 1. The van der Waals surface area contributed by atoms with Gasteiger partial charge in [-0.05, 0) is 42.3 Å². The molecule has 1 aliphatic carbocycles. The molecular weight excluding hydrogens is 266 g/mol. The summed E-state index contributed by atoms with van der Waals surface area (Å²) >= 11 is 3.06. The van der Waals surface area contributed by atoms with Crippen molar-refractivity contribution < 1.29 is 4.79 Å². The summed E-state index contributed by atoms with van der Waals surface area (Å²) in [7, 11) is 0. The third kappa shape index (κ3) is 1.74. The lowest BCUT2D eigenvalue weighted by molar-refractivity contribution is -0.119. The maximum atomic E-state index is 11.6. The van der Waals surface area contributed by atoms with Gasteiger partial charge in [-0.2, -0.15) is 0 Å². The van der Waals surface area contributed by atoms with Crippen molar-refractivity contribution in [3.05, 3.63) is 29.3 Å². The summed E-state index contributed by atoms with van der Waals surface area (Å²) in [5.74, 6) is 3.12. The van der Waals surface area contributed by atoms with Crippen LogP contribution in [0.1, 0.15) is 30.9 Å². The monoisotopic (exact) mass is 277 g/mol. The number of benzene rings is 1. The smallest absolute Gasteiger partial charge is 0.140 e. The molecule has 82 valence electrons. The first-order chi connectivity index (χ1) is 7.60. The molecule has 0 aromatic heterocycles. The summed E-state index contributed by atoms with van der Waals surface area (Å²) < 4.78 is 0. The Morgan fingerprint density at radius 3 is 2.69 bits per heavy atom. The molecule has 0 unspecified atom stereocenters. The third-order valence-electron chi connectivity index (χ3n) is 3.21. The molecule has 1 aliphatic rings. The van der Waals surface area contributed by atoms with Crippen molar-refractivity contribution in [1.29, 1.82) is 0 Å². The van der Waals surface area contributed by atoms with Crippen LogP contribution in [0.3, 0.4) is 0 Å². The second-order valence-electron chi connectivity index (χ2n) is 4.16. The first-order valence-corrected chi connectivity index (χ1v) is 5.92. The largest absolute Gasteiger partial charge is 0.398 e. The number of hydrogen-bond donors (Lipinski definition) is 1. The van der Waals surface area contributed by atoms with Gasteiger partial charge in [0.1, 0.15) is 5.78 Å². The molecule has 2 rings (SSSR count). The second kappa shape index (κ2) is 3.95. The van der Waals surface area contributed by atoms with Crippen LogP contribution in [0.5, 0.6) is 0 Å². The molecule has 1 aromatic carbocycles. The Balaban J connectivity index is 2.47. The zero-order chi connectivity index (χ0) is 11.8. The zero-order valence-electron chi connectivity index (χ0n) is 9.01. The van der Waals surface area contributed by atoms with Crippen molar-refractivity contribution in [2.75, 3.05) is 5.73 Å². The van der Waals surface area contributed by atoms with Gasteiger partial charge in [0.25, 0.3) is 0 Å². The van der Waals surface area contributed by atoms with E-state index in [2.05, 4.69) is 26.7 Å². The Morgan fingerprint density at radius 1 is 1.50 bits per heavy atom. The highest BCUT2D eigenvalue weighted by molar-refractivity contribution is 9.12. The number of ketones is 1. The Bertz CT molecular complexity index is 506. The lowest BCUT2D eigenvalue weighted by Crippen LogP contribution is -2.17. The lowest BCUT2D eigenvalue weighted by atomic mass is 9.90. The normalized spacial score (nSPS) is 16.1. The van der Waals surface area contributed by atoms with Crippen LogP contribution in [0.25, 0.3) is 0 Å². The Morgan fingerprint density at radius 2 is 2.19 bits per heavy atom. The SMILES string of the molecule is CC(=O)C1(c2ccc(N)c(C#CBr)c2)CC1. The summed E-state index contributed by atoms with van der Waals surface area (Å²) in [6.07, 6.45) is 1.88. The first kappa shape index (κ1) is 11.2. The molecule has 1 saturated carbocycles. The van der Waals surface area contributed by atoms with Crippen LogP contribution in [-0.4, -0.2) is 5.78 Å². The van der Waals surface area contributed by atoms with E-state index < -0.39 is 0 Å². The number of rotatable bonds is 2. The van der Waals surface area contributed by atoms with Crippen LogP contribution < -0.4 is 5.73 Å². The second-order valence-corrected chi connectivity index (χ2v) is 4.56. The Kier molecular flexibility index (Phi) is 2.77. The van der Waals surface area contributed by atoms with Crippen LogP contribution in [0.15, 0.2) is 18.2 Å². The molecule has 1 fully saturated rings. The molecule has 3 heteroatoms. The molecular formula is C13H12BrNO. The first-order valence-electron chi connectivity index (χ1n) is 5.13. The number of carbonyl (C=O) groups is 1. The molecule has 2 N–H and O–H groups in total. The van der Waals surface area contributed by atoms with Crippen LogP contribution >= 0.6 is 15.9 Å². The van der Waals surface area contributed by atoms with E-state index in [4.69, 9.17) is 5.73 Å². The van der Waals surface area contributed by atoms with Crippen molar-refractivity contribution in [3.8, 4) is 10.8 Å². The highest BCUT2D eigenvalue weighted by Crippen LogP contribution is 2.49. The van der Waals surface area contributed by atoms with E-state index in [1.165, 1.54) is 0 Å². The van der Waals surface area contributed by atoms with Gasteiger partial charge in [-0.3, -0.25) is 4.79 Å². The number of Topliss-reactive ketones (excluding diaryl/α,β-unsaturated/α-hetero) is 1. The van der Waals surface area contributed by atoms with E-state index in [1.807, 2.05) is 18.2 Å². The molecule has 0 aliphatic heterocycles. The van der Waals surface area contributed by atoms with Gasteiger partial charge in [0.15, 0.2) is 0 Å². The van der Waals surface area contributed by atoms with Gasteiger partial charge in [-0.1, -0.05) is 12.0 Å². The molecule has 0 bridgehead atoms. The average Bonchev–Trinajstić information content (AvgIpc) is 3.02. The minimum atomic E-state index is -0.254. The maximum Gasteiger partial charge on any atom is 0.140 e. The minimum absolute atomic E-state index is 0.232.